The van der Waals surface area contributed by atoms with Gasteiger partial charge in [0.2, 0.25) is 5.91 Å². The van der Waals surface area contributed by atoms with Gasteiger partial charge in [0.25, 0.3) is 0 Å². The minimum atomic E-state index is -0.0329. The third-order valence-electron chi connectivity index (χ3n) is 4.96. The Hall–Kier alpha value is -2.34. The van der Waals surface area contributed by atoms with Gasteiger partial charge in [-0.05, 0) is 25.5 Å². The highest BCUT2D eigenvalue weighted by molar-refractivity contribution is 5.78. The number of hydrogen-bond donors (Lipinski definition) is 0. The van der Waals surface area contributed by atoms with Crippen molar-refractivity contribution in [2.75, 3.05) is 33.8 Å². The number of nitrogens with zero attached hydrogens (tertiary/aromatic N) is 4. The van der Waals surface area contributed by atoms with Gasteiger partial charge >= 0.3 is 0 Å². The molecule has 1 unspecified atom stereocenters. The summed E-state index contributed by atoms with van der Waals surface area (Å²) in [6, 6.07) is 8.18. The number of carbonyl (C=O) groups is 1. The van der Waals surface area contributed by atoms with Crippen LogP contribution in [0.4, 0.5) is 0 Å². The SMILES string of the molecule is COc1ccccc1C(C)N(C)C(=O)CN1CC(n2cc(C)cn2)C1. The molecule has 2 heterocycles. The molecule has 1 amide bonds. The molecule has 1 aliphatic heterocycles. The summed E-state index contributed by atoms with van der Waals surface area (Å²) in [7, 11) is 3.51. The van der Waals surface area contributed by atoms with E-state index in [9.17, 15) is 4.79 Å². The van der Waals surface area contributed by atoms with E-state index in [0.717, 1.165) is 24.4 Å². The predicted molar refractivity (Wildman–Crippen MR) is 96.6 cm³/mol. The number of amides is 1. The number of likely N-dealkylation sites (tertiary alicyclic amines) is 1. The molecule has 0 spiro atoms. The first-order valence-electron chi connectivity index (χ1n) is 8.61. The van der Waals surface area contributed by atoms with Crippen LogP contribution < -0.4 is 4.74 Å². The van der Waals surface area contributed by atoms with E-state index in [1.54, 1.807) is 12.0 Å². The van der Waals surface area contributed by atoms with Crippen molar-refractivity contribution in [1.29, 1.82) is 0 Å². The Morgan fingerprint density at radius 1 is 1.40 bits per heavy atom. The lowest BCUT2D eigenvalue weighted by Gasteiger charge is -2.40. The molecule has 1 saturated heterocycles. The summed E-state index contributed by atoms with van der Waals surface area (Å²) in [6.45, 7) is 6.24. The largest absolute Gasteiger partial charge is 0.496 e. The number of methoxy groups -OCH3 is 1. The Morgan fingerprint density at radius 2 is 2.12 bits per heavy atom. The zero-order valence-electron chi connectivity index (χ0n) is 15.3. The monoisotopic (exact) mass is 342 g/mol. The lowest BCUT2D eigenvalue weighted by Crippen LogP contribution is -2.51. The number of likely N-dealkylation sites (N-methyl/N-ethyl adjacent to an activating group) is 1. The lowest BCUT2D eigenvalue weighted by molar-refractivity contribution is -0.134. The van der Waals surface area contributed by atoms with Crippen LogP contribution in [0.15, 0.2) is 36.7 Å². The zero-order valence-corrected chi connectivity index (χ0v) is 15.3. The average molecular weight is 342 g/mol. The number of hydrogen-bond acceptors (Lipinski definition) is 4. The normalized spacial score (nSPS) is 16.3. The quantitative estimate of drug-likeness (QED) is 0.808. The summed E-state index contributed by atoms with van der Waals surface area (Å²) in [6.07, 6.45) is 3.93. The fourth-order valence-corrected chi connectivity index (χ4v) is 3.21. The molecule has 2 aromatic rings. The van der Waals surface area contributed by atoms with Crippen molar-refractivity contribution in [3.8, 4) is 5.75 Å². The standard InChI is InChI=1S/C19H26N4O2/c1-14-9-20-23(10-14)16-11-22(12-16)13-19(24)21(3)15(2)17-7-5-6-8-18(17)25-4/h5-10,15-16H,11-13H2,1-4H3. The number of aromatic nitrogens is 2. The fourth-order valence-electron chi connectivity index (χ4n) is 3.21. The molecule has 134 valence electrons. The molecule has 6 nitrogen and oxygen atoms in total. The first-order chi connectivity index (χ1) is 12.0. The van der Waals surface area contributed by atoms with E-state index in [4.69, 9.17) is 4.74 Å². The number of benzene rings is 1. The van der Waals surface area contributed by atoms with Crippen LogP contribution in [0.5, 0.6) is 5.75 Å². The van der Waals surface area contributed by atoms with Crippen LogP contribution >= 0.6 is 0 Å². The molecule has 0 saturated carbocycles. The predicted octanol–water partition coefficient (Wildman–Crippen LogP) is 2.28. The van der Waals surface area contributed by atoms with Gasteiger partial charge in [0.05, 0.1) is 31.9 Å². The Kier molecular flexibility index (Phi) is 5.08. The van der Waals surface area contributed by atoms with Crippen molar-refractivity contribution in [1.82, 2.24) is 19.6 Å². The van der Waals surface area contributed by atoms with Crippen molar-refractivity contribution in [2.24, 2.45) is 0 Å². The second kappa shape index (κ2) is 7.27. The summed E-state index contributed by atoms with van der Waals surface area (Å²) in [5, 5.41) is 4.35. The van der Waals surface area contributed by atoms with Crippen LogP contribution in [0.3, 0.4) is 0 Å². The van der Waals surface area contributed by atoms with E-state index >= 15 is 0 Å². The van der Waals surface area contributed by atoms with Gasteiger partial charge in [0.1, 0.15) is 5.75 Å². The third-order valence-corrected chi connectivity index (χ3v) is 4.96. The minimum absolute atomic E-state index is 0.0329. The molecule has 1 aliphatic rings. The number of rotatable bonds is 6. The van der Waals surface area contributed by atoms with Gasteiger partial charge in [-0.25, -0.2) is 0 Å². The molecule has 1 fully saturated rings. The smallest absolute Gasteiger partial charge is 0.236 e. The minimum Gasteiger partial charge on any atom is -0.496 e. The average Bonchev–Trinajstić information content (AvgIpc) is 3.01. The molecular weight excluding hydrogens is 316 g/mol. The van der Waals surface area contributed by atoms with Crippen LogP contribution in [-0.2, 0) is 4.79 Å². The van der Waals surface area contributed by atoms with Crippen LogP contribution in [-0.4, -0.2) is 59.3 Å². The number of aryl methyl sites for hydroxylation is 1. The Balaban J connectivity index is 1.55. The van der Waals surface area contributed by atoms with E-state index in [-0.39, 0.29) is 11.9 Å². The van der Waals surface area contributed by atoms with Crippen LogP contribution in [0.2, 0.25) is 0 Å². The molecule has 25 heavy (non-hydrogen) atoms. The van der Waals surface area contributed by atoms with E-state index in [1.807, 2.05) is 56.0 Å². The molecular formula is C19H26N4O2. The maximum Gasteiger partial charge on any atom is 0.236 e. The van der Waals surface area contributed by atoms with Crippen molar-refractivity contribution in [3.63, 3.8) is 0 Å². The lowest BCUT2D eigenvalue weighted by atomic mass is 10.1. The number of para-hydroxylation sites is 1. The Bertz CT molecular complexity index is 737. The molecule has 0 aliphatic carbocycles. The molecule has 0 N–H and O–H groups in total. The Morgan fingerprint density at radius 3 is 2.76 bits per heavy atom. The van der Waals surface area contributed by atoms with E-state index in [1.165, 1.54) is 5.56 Å². The highest BCUT2D eigenvalue weighted by atomic mass is 16.5. The summed E-state index contributed by atoms with van der Waals surface area (Å²) in [5.74, 6) is 0.932. The van der Waals surface area contributed by atoms with E-state index in [0.29, 0.717) is 12.6 Å². The first-order valence-corrected chi connectivity index (χ1v) is 8.61. The zero-order chi connectivity index (χ0) is 18.0. The summed E-state index contributed by atoms with van der Waals surface area (Å²) >= 11 is 0. The Labute approximate surface area is 149 Å². The molecule has 0 radical (unpaired) electrons. The molecule has 1 aromatic carbocycles. The van der Waals surface area contributed by atoms with Gasteiger partial charge in [0, 0.05) is 31.9 Å². The molecule has 3 rings (SSSR count). The second-order valence-electron chi connectivity index (χ2n) is 6.77. The first kappa shape index (κ1) is 17.5. The van der Waals surface area contributed by atoms with E-state index in [2.05, 4.69) is 16.2 Å². The number of ether oxygens (including phenoxy) is 1. The van der Waals surface area contributed by atoms with E-state index < -0.39 is 0 Å². The van der Waals surface area contributed by atoms with Gasteiger partial charge in [-0.1, -0.05) is 18.2 Å². The van der Waals surface area contributed by atoms with Crippen molar-refractivity contribution >= 4 is 5.91 Å². The van der Waals surface area contributed by atoms with Crippen LogP contribution in [0.1, 0.15) is 30.1 Å². The van der Waals surface area contributed by atoms with Crippen molar-refractivity contribution < 1.29 is 9.53 Å². The fraction of sp³-hybridized carbons (Fsp3) is 0.474. The van der Waals surface area contributed by atoms with Crippen LogP contribution in [0, 0.1) is 6.92 Å². The number of carbonyl (C=O) groups excluding carboxylic acids is 1. The second-order valence-corrected chi connectivity index (χ2v) is 6.77. The molecule has 1 atom stereocenters. The van der Waals surface area contributed by atoms with Gasteiger partial charge in [0.15, 0.2) is 0 Å². The highest BCUT2D eigenvalue weighted by Gasteiger charge is 2.31. The molecule has 1 aromatic heterocycles. The van der Waals surface area contributed by atoms with Crippen molar-refractivity contribution in [2.45, 2.75) is 25.9 Å². The summed E-state index contributed by atoms with van der Waals surface area (Å²) < 4.78 is 7.41. The third kappa shape index (κ3) is 3.69. The van der Waals surface area contributed by atoms with Crippen molar-refractivity contribution in [3.05, 3.63) is 47.8 Å². The van der Waals surface area contributed by atoms with Crippen LogP contribution in [0.25, 0.3) is 0 Å². The van der Waals surface area contributed by atoms with Gasteiger partial charge < -0.3 is 9.64 Å². The summed E-state index contributed by atoms with van der Waals surface area (Å²) in [5.41, 5.74) is 2.19. The molecule has 0 bridgehead atoms. The molecule has 6 heteroatoms. The van der Waals surface area contributed by atoms with Gasteiger partial charge in [-0.15, -0.1) is 0 Å². The van der Waals surface area contributed by atoms with Gasteiger partial charge in [-0.2, -0.15) is 5.10 Å². The maximum absolute atomic E-state index is 12.6. The highest BCUT2D eigenvalue weighted by Crippen LogP contribution is 2.28. The maximum atomic E-state index is 12.6. The van der Waals surface area contributed by atoms with Gasteiger partial charge in [-0.3, -0.25) is 14.4 Å². The topological polar surface area (TPSA) is 50.6 Å². The summed E-state index contributed by atoms with van der Waals surface area (Å²) in [4.78, 5) is 16.6.